The van der Waals surface area contributed by atoms with Gasteiger partial charge in [0.2, 0.25) is 17.7 Å². The molecular formula is C25H27N5O9S. The first-order chi connectivity index (χ1) is 18.9. The molecule has 0 radical (unpaired) electrons. The molecule has 0 bridgehead atoms. The maximum absolute atomic E-state index is 12.6. The van der Waals surface area contributed by atoms with Crippen molar-refractivity contribution in [3.63, 3.8) is 0 Å². The first-order valence-corrected chi connectivity index (χ1v) is 12.9. The number of nitrogen functional groups attached to an aromatic ring is 1. The van der Waals surface area contributed by atoms with Crippen molar-refractivity contribution in [2.75, 3.05) is 5.73 Å². The molecule has 3 aromatic rings. The van der Waals surface area contributed by atoms with Crippen molar-refractivity contribution in [1.29, 1.82) is 0 Å². The molecule has 2 heterocycles. The molecule has 0 saturated heterocycles. The first kappa shape index (κ1) is 29.8. The van der Waals surface area contributed by atoms with E-state index in [9.17, 15) is 34.2 Å². The van der Waals surface area contributed by atoms with E-state index in [1.165, 1.54) is 23.5 Å². The molecule has 0 spiro atoms. The van der Waals surface area contributed by atoms with Crippen LogP contribution in [0.5, 0.6) is 5.88 Å². The fraction of sp³-hybridized carbons (Fsp3) is 0.320. The van der Waals surface area contributed by atoms with Gasteiger partial charge in [-0.25, -0.2) is 14.6 Å². The lowest BCUT2D eigenvalue weighted by atomic mass is 10.0. The number of nitrogens with one attached hydrogen (secondary N) is 2. The molecule has 0 unspecified atom stereocenters. The Morgan fingerprint density at radius 1 is 0.875 bits per heavy atom. The van der Waals surface area contributed by atoms with Crippen molar-refractivity contribution >= 4 is 57.2 Å². The fourth-order valence-corrected chi connectivity index (χ4v) is 4.82. The monoisotopic (exact) mass is 573 g/mol. The smallest absolute Gasteiger partial charge is 0.326 e. The standard InChI is InChI=1S/C25H27N5O9S/c26-25-29-21(35)19-14(11-40-22(19)30-25)6-3-12-1-4-13(5-2-12)20(34)28-16(24(38)39)7-9-17(31)27-15(23(36)37)8-10-18(32)33/h1-2,4-5,11,15-16H,3,6-10H2,(H,27,31)(H,28,34)(H,32,33)(H,36,37)(H,38,39)(H3,26,29,30,35)/t15-,16-/m0/s1. The van der Waals surface area contributed by atoms with Crippen LogP contribution in [0.1, 0.15) is 47.2 Å². The van der Waals surface area contributed by atoms with Gasteiger partial charge in [0.05, 0.1) is 5.39 Å². The van der Waals surface area contributed by atoms with E-state index in [4.69, 9.17) is 15.9 Å². The van der Waals surface area contributed by atoms with Crippen LogP contribution >= 0.6 is 11.3 Å². The van der Waals surface area contributed by atoms with Crippen molar-refractivity contribution in [2.45, 2.75) is 50.6 Å². The van der Waals surface area contributed by atoms with Crippen molar-refractivity contribution in [3.05, 3.63) is 46.3 Å². The average Bonchev–Trinajstić information content (AvgIpc) is 3.30. The summed E-state index contributed by atoms with van der Waals surface area (Å²) in [5, 5.41) is 44.3. The van der Waals surface area contributed by atoms with Gasteiger partial charge in [-0.05, 0) is 54.3 Å². The Bertz CT molecular complexity index is 1420. The number of aromatic nitrogens is 2. The molecule has 0 saturated carbocycles. The van der Waals surface area contributed by atoms with Crippen molar-refractivity contribution < 1.29 is 44.4 Å². The number of aromatic hydroxyl groups is 1. The third-order valence-corrected chi connectivity index (χ3v) is 6.87. The summed E-state index contributed by atoms with van der Waals surface area (Å²) in [6.07, 6.45) is -0.377. The predicted molar refractivity (Wildman–Crippen MR) is 142 cm³/mol. The van der Waals surface area contributed by atoms with Crippen LogP contribution in [-0.2, 0) is 32.0 Å². The van der Waals surface area contributed by atoms with E-state index in [2.05, 4.69) is 20.6 Å². The molecule has 14 nitrogen and oxygen atoms in total. The van der Waals surface area contributed by atoms with Gasteiger partial charge in [0.15, 0.2) is 0 Å². The summed E-state index contributed by atoms with van der Waals surface area (Å²) < 4.78 is 0. The minimum absolute atomic E-state index is 0.0134. The van der Waals surface area contributed by atoms with E-state index < -0.39 is 54.6 Å². The molecule has 212 valence electrons. The van der Waals surface area contributed by atoms with E-state index in [-0.39, 0.29) is 30.2 Å². The topological polar surface area (TPSA) is 242 Å². The van der Waals surface area contributed by atoms with Crippen LogP contribution in [0.2, 0.25) is 0 Å². The number of carboxylic acids is 3. The van der Waals surface area contributed by atoms with Gasteiger partial charge in [0.1, 0.15) is 16.9 Å². The Hall–Kier alpha value is -4.79. The lowest BCUT2D eigenvalue weighted by molar-refractivity contribution is -0.143. The lowest BCUT2D eigenvalue weighted by Gasteiger charge is -2.16. The highest BCUT2D eigenvalue weighted by Gasteiger charge is 2.25. The Labute approximate surface area is 230 Å². The number of fused-ring (bicyclic) bond motifs is 1. The number of nitrogens with two attached hydrogens (primary N) is 1. The quantitative estimate of drug-likeness (QED) is 0.144. The fourth-order valence-electron chi connectivity index (χ4n) is 3.85. The summed E-state index contributed by atoms with van der Waals surface area (Å²) in [6, 6.07) is 3.63. The maximum Gasteiger partial charge on any atom is 0.326 e. The highest BCUT2D eigenvalue weighted by Crippen LogP contribution is 2.32. The van der Waals surface area contributed by atoms with Crippen LogP contribution < -0.4 is 16.4 Å². The number of rotatable bonds is 14. The van der Waals surface area contributed by atoms with E-state index in [0.717, 1.165) is 11.1 Å². The molecular weight excluding hydrogens is 546 g/mol. The largest absolute Gasteiger partial charge is 0.493 e. The highest BCUT2D eigenvalue weighted by atomic mass is 32.1. The van der Waals surface area contributed by atoms with E-state index in [1.807, 2.05) is 5.38 Å². The Morgan fingerprint density at radius 3 is 2.12 bits per heavy atom. The summed E-state index contributed by atoms with van der Waals surface area (Å²) in [5.74, 6) is -5.68. The number of aliphatic carboxylic acids is 3. The molecule has 15 heteroatoms. The number of carbonyl (C=O) groups is 5. The Balaban J connectivity index is 1.54. The number of hydrogen-bond acceptors (Lipinski definition) is 10. The summed E-state index contributed by atoms with van der Waals surface area (Å²) in [4.78, 5) is 66.7. The normalized spacial score (nSPS) is 12.4. The van der Waals surface area contributed by atoms with Crippen LogP contribution in [0.25, 0.3) is 10.2 Å². The molecule has 0 fully saturated rings. The number of nitrogens with zero attached hydrogens (tertiary/aromatic N) is 2. The van der Waals surface area contributed by atoms with Gasteiger partial charge >= 0.3 is 17.9 Å². The number of benzene rings is 1. The van der Waals surface area contributed by atoms with E-state index in [0.29, 0.717) is 23.1 Å². The number of carbonyl (C=O) groups excluding carboxylic acids is 2. The summed E-state index contributed by atoms with van der Waals surface area (Å²) in [6.45, 7) is 0. The summed E-state index contributed by atoms with van der Waals surface area (Å²) in [7, 11) is 0. The zero-order valence-electron chi connectivity index (χ0n) is 21.0. The molecule has 0 aliphatic carbocycles. The van der Waals surface area contributed by atoms with Crippen LogP contribution in [0.15, 0.2) is 29.6 Å². The van der Waals surface area contributed by atoms with Crippen LogP contribution in [-0.4, -0.2) is 72.2 Å². The van der Waals surface area contributed by atoms with E-state index >= 15 is 0 Å². The zero-order valence-corrected chi connectivity index (χ0v) is 21.8. The predicted octanol–water partition coefficient (Wildman–Crippen LogP) is 1.16. The van der Waals surface area contributed by atoms with Gasteiger partial charge in [0.25, 0.3) is 5.91 Å². The van der Waals surface area contributed by atoms with Gasteiger partial charge in [0, 0.05) is 18.4 Å². The molecule has 2 atom stereocenters. The maximum atomic E-state index is 12.6. The molecule has 0 aliphatic heterocycles. The van der Waals surface area contributed by atoms with Gasteiger partial charge in [-0.2, -0.15) is 4.98 Å². The molecule has 2 aromatic heterocycles. The number of anilines is 1. The molecule has 8 N–H and O–H groups in total. The minimum Gasteiger partial charge on any atom is -0.493 e. The Kier molecular flexibility index (Phi) is 9.92. The molecule has 1 aromatic carbocycles. The first-order valence-electron chi connectivity index (χ1n) is 12.0. The van der Waals surface area contributed by atoms with E-state index in [1.54, 1.807) is 12.1 Å². The van der Waals surface area contributed by atoms with Crippen molar-refractivity contribution in [1.82, 2.24) is 20.6 Å². The summed E-state index contributed by atoms with van der Waals surface area (Å²) in [5.41, 5.74) is 7.50. The van der Waals surface area contributed by atoms with Crippen LogP contribution in [0, 0.1) is 0 Å². The molecule has 3 rings (SSSR count). The molecule has 0 aliphatic rings. The number of carboxylic acid groups (broad SMARTS) is 3. The SMILES string of the molecule is Nc1nc(O)c2c(CCc3ccc(C(=O)N[C@@H](CCC(=O)N[C@@H](CCC(=O)O)C(=O)O)C(=O)O)cc3)csc2n1. The van der Waals surface area contributed by atoms with Gasteiger partial charge in [-0.1, -0.05) is 12.1 Å². The Morgan fingerprint density at radius 2 is 1.50 bits per heavy atom. The average molecular weight is 574 g/mol. The third kappa shape index (κ3) is 8.10. The van der Waals surface area contributed by atoms with Gasteiger partial charge < -0.3 is 36.8 Å². The second-order valence-electron chi connectivity index (χ2n) is 8.84. The van der Waals surface area contributed by atoms with Gasteiger partial charge in [-0.15, -0.1) is 11.3 Å². The minimum atomic E-state index is -1.43. The number of amides is 2. The van der Waals surface area contributed by atoms with Crippen molar-refractivity contribution in [2.24, 2.45) is 0 Å². The lowest BCUT2D eigenvalue weighted by Crippen LogP contribution is -2.44. The van der Waals surface area contributed by atoms with Crippen LogP contribution in [0.3, 0.4) is 0 Å². The number of hydrogen-bond donors (Lipinski definition) is 7. The zero-order chi connectivity index (χ0) is 29.4. The van der Waals surface area contributed by atoms with Gasteiger partial charge in [-0.3, -0.25) is 14.4 Å². The molecule has 40 heavy (non-hydrogen) atoms. The summed E-state index contributed by atoms with van der Waals surface area (Å²) >= 11 is 1.34. The highest BCUT2D eigenvalue weighted by molar-refractivity contribution is 7.17. The number of thiophene rings is 1. The van der Waals surface area contributed by atoms with Crippen LogP contribution in [0.4, 0.5) is 5.95 Å². The second-order valence-corrected chi connectivity index (χ2v) is 9.70. The second kappa shape index (κ2) is 13.3. The third-order valence-electron chi connectivity index (χ3n) is 5.95. The number of aryl methyl sites for hydroxylation is 2. The molecule has 2 amide bonds. The van der Waals surface area contributed by atoms with Crippen molar-refractivity contribution in [3.8, 4) is 5.88 Å².